The van der Waals surface area contributed by atoms with Crippen LogP contribution in [0.5, 0.6) is 0 Å². The van der Waals surface area contributed by atoms with E-state index in [0.29, 0.717) is 26.2 Å². The summed E-state index contributed by atoms with van der Waals surface area (Å²) in [4.78, 5) is 9.46. The van der Waals surface area contributed by atoms with Crippen LogP contribution in [-0.2, 0) is 4.74 Å². The largest absolute Gasteiger partial charge is 0.392 e. The fourth-order valence-electron chi connectivity index (χ4n) is 2.10. The third-order valence-corrected chi connectivity index (χ3v) is 4.08. The van der Waals surface area contributed by atoms with Crippen molar-refractivity contribution in [3.05, 3.63) is 0 Å². The molecule has 1 heterocycles. The lowest BCUT2D eigenvalue weighted by molar-refractivity contribution is -0.100. The van der Waals surface area contributed by atoms with E-state index in [2.05, 4.69) is 9.98 Å². The number of amidine groups is 2. The Morgan fingerprint density at radius 2 is 1.12 bits per heavy atom. The van der Waals surface area contributed by atoms with Crippen LogP contribution in [0.2, 0.25) is 0 Å². The van der Waals surface area contributed by atoms with Gasteiger partial charge in [-0.05, 0) is 50.9 Å². The van der Waals surface area contributed by atoms with Crippen LogP contribution in [0, 0.1) is 0 Å². The first kappa shape index (κ1) is 21.1. The van der Waals surface area contributed by atoms with Gasteiger partial charge in [-0.2, -0.15) is 27.5 Å². The lowest BCUT2D eigenvalue weighted by Crippen LogP contribution is -2.58. The van der Waals surface area contributed by atoms with Crippen molar-refractivity contribution in [1.82, 2.24) is 9.80 Å². The number of hydrogen-bond donors (Lipinski definition) is 0. The van der Waals surface area contributed by atoms with Crippen molar-refractivity contribution in [2.45, 2.75) is 44.1 Å². The molecule has 11 heteroatoms. The van der Waals surface area contributed by atoms with Crippen LogP contribution in [-0.4, -0.2) is 64.4 Å². The third kappa shape index (κ3) is 3.82. The summed E-state index contributed by atoms with van der Waals surface area (Å²) in [6.07, 6.45) is 0. The lowest BCUT2D eigenvalue weighted by atomic mass is 10.2. The summed E-state index contributed by atoms with van der Waals surface area (Å²) in [5.41, 5.74) is -3.71. The van der Waals surface area contributed by atoms with Crippen LogP contribution in [0.25, 0.3) is 0 Å². The average molecular weight is 395 g/mol. The zero-order valence-corrected chi connectivity index (χ0v) is 15.3. The van der Waals surface area contributed by atoms with Gasteiger partial charge in [-0.1, -0.05) is 0 Å². The smallest absolute Gasteiger partial charge is 0.374 e. The maximum Gasteiger partial charge on any atom is 0.374 e. The Morgan fingerprint density at radius 3 is 1.33 bits per heavy atom. The molecule has 0 saturated heterocycles. The molecule has 0 bridgehead atoms. The van der Waals surface area contributed by atoms with E-state index in [1.165, 1.54) is 9.80 Å². The molecule has 0 amide bonds. The Morgan fingerprint density at radius 1 is 0.833 bits per heavy atom. The molecular weight excluding hydrogens is 375 g/mol. The van der Waals surface area contributed by atoms with Gasteiger partial charge in [0.15, 0.2) is 0 Å². The molecular formula is C13H20Cl2F4N4O. The van der Waals surface area contributed by atoms with Gasteiger partial charge in [0.05, 0.1) is 0 Å². The Kier molecular flexibility index (Phi) is 6.60. The van der Waals surface area contributed by atoms with E-state index in [-0.39, 0.29) is 0 Å². The van der Waals surface area contributed by atoms with Gasteiger partial charge in [-0.3, -0.25) is 0 Å². The molecule has 0 aromatic heterocycles. The van der Waals surface area contributed by atoms with Gasteiger partial charge < -0.3 is 14.5 Å². The summed E-state index contributed by atoms with van der Waals surface area (Å²) in [6.45, 7) is 7.93. The number of alkyl halides is 6. The van der Waals surface area contributed by atoms with Gasteiger partial charge in [0.1, 0.15) is 0 Å². The standard InChI is InChI=1S/C13H20Cl2F4N4O/c1-5-22(6-2)9-20-11(12(14,16)17,13(15,18)19)21-10(24-9)23(7-3)8-4/h5-8H2,1-4H3. The molecule has 5 nitrogen and oxygen atoms in total. The fraction of sp³-hybridized carbons (Fsp3) is 0.846. The first-order valence-corrected chi connectivity index (χ1v) is 8.23. The summed E-state index contributed by atoms with van der Waals surface area (Å²) >= 11 is 9.92. The number of hydrogen-bond acceptors (Lipinski definition) is 5. The molecule has 0 aromatic carbocycles. The zero-order chi connectivity index (χ0) is 18.8. The molecule has 140 valence electrons. The predicted octanol–water partition coefficient (Wildman–Crippen LogP) is 3.77. The molecule has 24 heavy (non-hydrogen) atoms. The molecule has 0 unspecified atom stereocenters. The summed E-state index contributed by atoms with van der Waals surface area (Å²) in [5.74, 6) is 0. The van der Waals surface area contributed by atoms with Crippen molar-refractivity contribution in [2.75, 3.05) is 26.2 Å². The quantitative estimate of drug-likeness (QED) is 0.508. The van der Waals surface area contributed by atoms with Crippen LogP contribution < -0.4 is 0 Å². The number of halogens is 6. The molecule has 0 atom stereocenters. The van der Waals surface area contributed by atoms with Crippen molar-refractivity contribution in [1.29, 1.82) is 0 Å². The summed E-state index contributed by atoms with van der Waals surface area (Å²) in [7, 11) is 0. The first-order chi connectivity index (χ1) is 11.0. The Hall–Kier alpha value is -0.960. The van der Waals surface area contributed by atoms with Crippen molar-refractivity contribution in [3.63, 3.8) is 0 Å². The molecule has 1 aliphatic heterocycles. The Labute approximate surface area is 148 Å². The van der Waals surface area contributed by atoms with E-state index in [1.54, 1.807) is 27.7 Å². The van der Waals surface area contributed by atoms with E-state index in [9.17, 15) is 17.6 Å². The molecule has 0 saturated carbocycles. The third-order valence-electron chi connectivity index (χ3n) is 3.56. The van der Waals surface area contributed by atoms with E-state index < -0.39 is 28.5 Å². The highest BCUT2D eigenvalue weighted by Crippen LogP contribution is 2.51. The Bertz CT molecular complexity index is 453. The minimum absolute atomic E-state index is 0.290. The SMILES string of the molecule is CCN(CC)C1=NC(C(F)(F)Cl)(C(F)(F)Cl)N=C(N(CC)CC)O1. The van der Waals surface area contributed by atoms with Gasteiger partial charge in [-0.25, -0.2) is 0 Å². The molecule has 0 radical (unpaired) electrons. The minimum Gasteiger partial charge on any atom is -0.392 e. The van der Waals surface area contributed by atoms with Crippen molar-refractivity contribution in [2.24, 2.45) is 9.98 Å². The predicted molar refractivity (Wildman–Crippen MR) is 86.1 cm³/mol. The monoisotopic (exact) mass is 394 g/mol. The van der Waals surface area contributed by atoms with Crippen LogP contribution in [0.3, 0.4) is 0 Å². The number of aliphatic imine (C=N–C) groups is 2. The molecule has 0 fully saturated rings. The topological polar surface area (TPSA) is 40.4 Å². The molecule has 0 N–H and O–H groups in total. The van der Waals surface area contributed by atoms with Crippen molar-refractivity contribution >= 4 is 35.2 Å². The minimum atomic E-state index is -4.54. The Balaban J connectivity index is 3.62. The van der Waals surface area contributed by atoms with Crippen LogP contribution in [0.1, 0.15) is 27.7 Å². The molecule has 1 rings (SSSR count). The summed E-state index contributed by atoms with van der Waals surface area (Å²) in [5, 5.41) is -9.09. The average Bonchev–Trinajstić information content (AvgIpc) is 2.47. The summed E-state index contributed by atoms with van der Waals surface area (Å²) in [6, 6.07) is -0.866. The maximum atomic E-state index is 13.9. The van der Waals surface area contributed by atoms with Gasteiger partial charge in [0, 0.05) is 26.2 Å². The van der Waals surface area contributed by atoms with E-state index in [1.807, 2.05) is 0 Å². The molecule has 0 aromatic rings. The van der Waals surface area contributed by atoms with Gasteiger partial charge in [0.25, 0.3) is 12.0 Å². The summed E-state index contributed by atoms with van der Waals surface area (Å²) < 4.78 is 61.2. The molecule has 0 spiro atoms. The number of ether oxygens (including phenoxy) is 1. The maximum absolute atomic E-state index is 13.9. The number of nitrogens with zero attached hydrogens (tertiary/aromatic N) is 4. The van der Waals surface area contributed by atoms with E-state index in [0.717, 1.165) is 0 Å². The normalized spacial score (nSPS) is 17.8. The lowest BCUT2D eigenvalue weighted by Gasteiger charge is -2.39. The first-order valence-electron chi connectivity index (χ1n) is 7.48. The highest BCUT2D eigenvalue weighted by Gasteiger charge is 2.71. The highest BCUT2D eigenvalue weighted by molar-refractivity contribution is 6.27. The van der Waals surface area contributed by atoms with Crippen molar-refractivity contribution in [3.8, 4) is 0 Å². The van der Waals surface area contributed by atoms with Crippen LogP contribution >= 0.6 is 23.2 Å². The van der Waals surface area contributed by atoms with E-state index >= 15 is 0 Å². The highest BCUT2D eigenvalue weighted by atomic mass is 35.5. The van der Waals surface area contributed by atoms with Gasteiger partial charge in [0.2, 0.25) is 0 Å². The number of rotatable bonds is 6. The van der Waals surface area contributed by atoms with Gasteiger partial charge in [-0.15, -0.1) is 0 Å². The van der Waals surface area contributed by atoms with Gasteiger partial charge >= 0.3 is 16.4 Å². The van der Waals surface area contributed by atoms with Crippen molar-refractivity contribution < 1.29 is 22.3 Å². The van der Waals surface area contributed by atoms with E-state index in [4.69, 9.17) is 27.9 Å². The second-order valence-electron chi connectivity index (χ2n) is 4.90. The molecule has 0 aliphatic carbocycles. The molecule has 1 aliphatic rings. The van der Waals surface area contributed by atoms with Crippen LogP contribution in [0.15, 0.2) is 9.98 Å². The van der Waals surface area contributed by atoms with Crippen LogP contribution in [0.4, 0.5) is 17.6 Å². The second kappa shape index (κ2) is 7.51. The second-order valence-corrected chi connectivity index (χ2v) is 5.85. The zero-order valence-electron chi connectivity index (χ0n) is 13.8. The fourth-order valence-corrected chi connectivity index (χ4v) is 2.56.